The summed E-state index contributed by atoms with van der Waals surface area (Å²) in [4.78, 5) is 16.5. The molecular weight excluding hydrogens is 226 g/mol. The molecule has 0 amide bonds. The van der Waals surface area contributed by atoms with Gasteiger partial charge in [-0.25, -0.2) is 0 Å². The van der Waals surface area contributed by atoms with E-state index in [4.69, 9.17) is 4.74 Å². The second-order valence-corrected chi connectivity index (χ2v) is 4.48. The van der Waals surface area contributed by atoms with Crippen molar-refractivity contribution in [2.75, 3.05) is 6.61 Å². The van der Waals surface area contributed by atoms with E-state index in [1.54, 1.807) is 18.5 Å². The molecule has 0 N–H and O–H groups in total. The molecule has 1 aromatic heterocycles. The minimum absolute atomic E-state index is 0.124. The van der Waals surface area contributed by atoms with Gasteiger partial charge < -0.3 is 4.74 Å². The van der Waals surface area contributed by atoms with E-state index in [0.717, 1.165) is 25.7 Å². The lowest BCUT2D eigenvalue weighted by Gasteiger charge is -2.14. The van der Waals surface area contributed by atoms with E-state index in [1.165, 1.54) is 0 Å². The molecule has 1 aromatic rings. The van der Waals surface area contributed by atoms with Gasteiger partial charge in [0.25, 0.3) is 0 Å². The van der Waals surface area contributed by atoms with E-state index >= 15 is 0 Å². The Morgan fingerprint density at radius 1 is 1.22 bits per heavy atom. The molecule has 1 rings (SSSR count). The third-order valence-corrected chi connectivity index (χ3v) is 2.95. The Hall–Kier alpha value is -1.38. The van der Waals surface area contributed by atoms with E-state index in [1.807, 2.05) is 6.92 Å². The Morgan fingerprint density at radius 2 is 1.89 bits per heavy atom. The molecule has 0 aliphatic heterocycles. The van der Waals surface area contributed by atoms with Crippen LogP contribution in [0.15, 0.2) is 18.5 Å². The molecule has 1 heterocycles. The van der Waals surface area contributed by atoms with Gasteiger partial charge in [0.1, 0.15) is 5.75 Å². The first-order valence-electron chi connectivity index (χ1n) is 6.84. The van der Waals surface area contributed by atoms with Crippen molar-refractivity contribution in [1.29, 1.82) is 0 Å². The van der Waals surface area contributed by atoms with E-state index in [9.17, 15) is 4.79 Å². The highest BCUT2D eigenvalue weighted by atomic mass is 16.5. The van der Waals surface area contributed by atoms with Crippen LogP contribution >= 0.6 is 0 Å². The maximum absolute atomic E-state index is 12.4. The minimum atomic E-state index is 0.124. The topological polar surface area (TPSA) is 39.2 Å². The Morgan fingerprint density at radius 3 is 2.44 bits per heavy atom. The average Bonchev–Trinajstić information content (AvgIpc) is 2.38. The Labute approximate surface area is 110 Å². The molecule has 3 nitrogen and oxygen atoms in total. The molecule has 0 saturated heterocycles. The summed E-state index contributed by atoms with van der Waals surface area (Å²) >= 11 is 0. The number of rotatable bonds is 8. The van der Waals surface area contributed by atoms with Crippen molar-refractivity contribution in [3.05, 3.63) is 24.0 Å². The van der Waals surface area contributed by atoms with Gasteiger partial charge in [-0.2, -0.15) is 0 Å². The highest BCUT2D eigenvalue weighted by Gasteiger charge is 2.19. The van der Waals surface area contributed by atoms with E-state index in [-0.39, 0.29) is 11.7 Å². The molecule has 0 bridgehead atoms. The van der Waals surface area contributed by atoms with Gasteiger partial charge in [-0.15, -0.1) is 0 Å². The molecule has 0 fully saturated rings. The number of hydrogen-bond donors (Lipinski definition) is 0. The lowest BCUT2D eigenvalue weighted by atomic mass is 9.90. The maximum Gasteiger partial charge on any atom is 0.167 e. The predicted molar refractivity (Wildman–Crippen MR) is 73.0 cm³/mol. The van der Waals surface area contributed by atoms with Crippen molar-refractivity contribution in [3.63, 3.8) is 0 Å². The number of Topliss-reactive ketones (excluding diaryl/α,β-unsaturated/α-hetero) is 1. The molecule has 0 aliphatic carbocycles. The number of pyridine rings is 1. The summed E-state index contributed by atoms with van der Waals surface area (Å²) in [7, 11) is 0. The fraction of sp³-hybridized carbons (Fsp3) is 0.600. The van der Waals surface area contributed by atoms with Crippen molar-refractivity contribution in [1.82, 2.24) is 4.98 Å². The van der Waals surface area contributed by atoms with Gasteiger partial charge in [0.05, 0.1) is 12.8 Å². The van der Waals surface area contributed by atoms with Crippen molar-refractivity contribution >= 4 is 5.78 Å². The average molecular weight is 249 g/mol. The van der Waals surface area contributed by atoms with Crippen LogP contribution in [0.2, 0.25) is 0 Å². The van der Waals surface area contributed by atoms with E-state index < -0.39 is 0 Å². The van der Waals surface area contributed by atoms with Crippen LogP contribution in [0.1, 0.15) is 56.8 Å². The zero-order valence-corrected chi connectivity index (χ0v) is 11.6. The normalized spacial score (nSPS) is 10.7. The van der Waals surface area contributed by atoms with Crippen LogP contribution in [-0.2, 0) is 0 Å². The fourth-order valence-corrected chi connectivity index (χ4v) is 2.14. The highest BCUT2D eigenvalue weighted by Crippen LogP contribution is 2.21. The summed E-state index contributed by atoms with van der Waals surface area (Å²) in [5.41, 5.74) is 0.674. The summed E-state index contributed by atoms with van der Waals surface area (Å²) < 4.78 is 5.38. The van der Waals surface area contributed by atoms with Crippen molar-refractivity contribution in [2.45, 2.75) is 46.5 Å². The van der Waals surface area contributed by atoms with Crippen LogP contribution < -0.4 is 4.74 Å². The summed E-state index contributed by atoms with van der Waals surface area (Å²) in [6.07, 6.45) is 7.26. The fourth-order valence-electron chi connectivity index (χ4n) is 2.14. The maximum atomic E-state index is 12.4. The molecule has 0 unspecified atom stereocenters. The Balaban J connectivity index is 2.82. The Kier molecular flexibility index (Phi) is 6.40. The van der Waals surface area contributed by atoms with E-state index in [2.05, 4.69) is 18.8 Å². The number of nitrogens with zero attached hydrogens (tertiary/aromatic N) is 1. The van der Waals surface area contributed by atoms with Crippen LogP contribution in [0.4, 0.5) is 0 Å². The van der Waals surface area contributed by atoms with Crippen LogP contribution in [-0.4, -0.2) is 17.4 Å². The molecule has 0 atom stereocenters. The lowest BCUT2D eigenvalue weighted by molar-refractivity contribution is 0.0904. The van der Waals surface area contributed by atoms with Crippen LogP contribution in [0, 0.1) is 5.92 Å². The third kappa shape index (κ3) is 4.13. The smallest absolute Gasteiger partial charge is 0.167 e. The van der Waals surface area contributed by atoms with Gasteiger partial charge in [-0.1, -0.05) is 26.7 Å². The van der Waals surface area contributed by atoms with Crippen molar-refractivity contribution in [2.24, 2.45) is 5.92 Å². The van der Waals surface area contributed by atoms with Gasteiger partial charge in [0.15, 0.2) is 5.78 Å². The van der Waals surface area contributed by atoms with Crippen LogP contribution in [0.5, 0.6) is 5.75 Å². The third-order valence-electron chi connectivity index (χ3n) is 2.95. The first-order chi connectivity index (χ1) is 8.72. The largest absolute Gasteiger partial charge is 0.492 e. The zero-order valence-electron chi connectivity index (χ0n) is 11.6. The quantitative estimate of drug-likeness (QED) is 0.656. The molecule has 100 valence electrons. The number of carbonyl (C=O) groups is 1. The SMILES string of the molecule is CCCC(CCC)C(=O)c1cncc(OCC)c1. The standard InChI is InChI=1S/C15H23NO2/c1-4-7-12(8-5-2)15(17)13-9-14(18-6-3)11-16-10-13/h9-12H,4-8H2,1-3H3. The number of ether oxygens (including phenoxy) is 1. The Bertz CT molecular complexity index is 371. The molecule has 0 saturated carbocycles. The summed E-state index contributed by atoms with van der Waals surface area (Å²) in [5.74, 6) is 1.00. The second-order valence-electron chi connectivity index (χ2n) is 4.48. The molecule has 0 spiro atoms. The van der Waals surface area contributed by atoms with Gasteiger partial charge in [-0.05, 0) is 25.8 Å². The van der Waals surface area contributed by atoms with Crippen LogP contribution in [0.25, 0.3) is 0 Å². The van der Waals surface area contributed by atoms with Gasteiger partial charge in [0.2, 0.25) is 0 Å². The zero-order chi connectivity index (χ0) is 13.4. The summed E-state index contributed by atoms with van der Waals surface area (Å²) in [6.45, 7) is 6.74. The number of ketones is 1. The van der Waals surface area contributed by atoms with Gasteiger partial charge >= 0.3 is 0 Å². The summed E-state index contributed by atoms with van der Waals surface area (Å²) in [6, 6.07) is 1.80. The predicted octanol–water partition coefficient (Wildman–Crippen LogP) is 3.88. The lowest BCUT2D eigenvalue weighted by Crippen LogP contribution is -2.15. The molecule has 0 radical (unpaired) electrons. The number of carbonyl (C=O) groups excluding carboxylic acids is 1. The molecule has 0 aromatic carbocycles. The molecule has 0 aliphatic rings. The molecular formula is C15H23NO2. The molecule has 3 heteroatoms. The monoisotopic (exact) mass is 249 g/mol. The van der Waals surface area contributed by atoms with E-state index in [0.29, 0.717) is 17.9 Å². The summed E-state index contributed by atoms with van der Waals surface area (Å²) in [5, 5.41) is 0. The number of aromatic nitrogens is 1. The first kappa shape index (κ1) is 14.7. The van der Waals surface area contributed by atoms with Gasteiger partial charge in [-0.3, -0.25) is 9.78 Å². The highest BCUT2D eigenvalue weighted by molar-refractivity contribution is 5.97. The second kappa shape index (κ2) is 7.85. The van der Waals surface area contributed by atoms with Crippen molar-refractivity contribution < 1.29 is 9.53 Å². The number of hydrogen-bond acceptors (Lipinski definition) is 3. The van der Waals surface area contributed by atoms with Gasteiger partial charge in [0, 0.05) is 17.7 Å². The van der Waals surface area contributed by atoms with Crippen molar-refractivity contribution in [3.8, 4) is 5.75 Å². The first-order valence-corrected chi connectivity index (χ1v) is 6.84. The molecule has 18 heavy (non-hydrogen) atoms. The van der Waals surface area contributed by atoms with Crippen LogP contribution in [0.3, 0.4) is 0 Å². The minimum Gasteiger partial charge on any atom is -0.492 e.